The number of nitrogen functional groups attached to an aromatic ring is 1. The van der Waals surface area contributed by atoms with Crippen molar-refractivity contribution in [2.75, 3.05) is 31.0 Å². The summed E-state index contributed by atoms with van der Waals surface area (Å²) in [5, 5.41) is 3.07. The molecule has 1 aromatic heterocycles. The summed E-state index contributed by atoms with van der Waals surface area (Å²) in [6.45, 7) is 5.42. The molecule has 0 radical (unpaired) electrons. The second kappa shape index (κ2) is 6.24. The van der Waals surface area contributed by atoms with Crippen molar-refractivity contribution in [3.8, 4) is 0 Å². The Morgan fingerprint density at radius 2 is 2.19 bits per heavy atom. The number of hydrogen-bond donors (Lipinski definition) is 3. The topological polar surface area (TPSA) is 85.1 Å². The zero-order chi connectivity index (χ0) is 12.0. The number of hydrazine groups is 1. The van der Waals surface area contributed by atoms with Crippen molar-refractivity contribution in [1.82, 2.24) is 9.97 Å². The van der Waals surface area contributed by atoms with Gasteiger partial charge in [0, 0.05) is 19.7 Å². The van der Waals surface area contributed by atoms with Gasteiger partial charge in [-0.25, -0.2) is 10.8 Å². The second-order valence-corrected chi connectivity index (χ2v) is 3.72. The van der Waals surface area contributed by atoms with Crippen LogP contribution in [0.15, 0.2) is 6.07 Å². The summed E-state index contributed by atoms with van der Waals surface area (Å²) in [7, 11) is 1.65. The summed E-state index contributed by atoms with van der Waals surface area (Å²) < 4.78 is 4.94. The van der Waals surface area contributed by atoms with E-state index in [-0.39, 0.29) is 0 Å². The van der Waals surface area contributed by atoms with Crippen LogP contribution in [0.5, 0.6) is 0 Å². The predicted octanol–water partition coefficient (Wildman–Crippen LogP) is 0.944. The molecule has 0 atom stereocenters. The van der Waals surface area contributed by atoms with E-state index in [1.807, 2.05) is 6.07 Å². The Hall–Kier alpha value is -1.40. The minimum Gasteiger partial charge on any atom is -0.383 e. The summed E-state index contributed by atoms with van der Waals surface area (Å²) in [4.78, 5) is 8.57. The van der Waals surface area contributed by atoms with Crippen LogP contribution in [-0.2, 0) is 4.74 Å². The minimum atomic E-state index is 0.332. The number of nitrogens with zero attached hydrogens (tertiary/aromatic N) is 2. The highest BCUT2D eigenvalue weighted by Gasteiger charge is 2.06. The van der Waals surface area contributed by atoms with E-state index in [1.54, 1.807) is 7.11 Å². The third-order valence-electron chi connectivity index (χ3n) is 2.07. The van der Waals surface area contributed by atoms with Crippen LogP contribution in [0.4, 0.5) is 11.8 Å². The van der Waals surface area contributed by atoms with E-state index in [9.17, 15) is 0 Å². The van der Waals surface area contributed by atoms with Gasteiger partial charge < -0.3 is 15.5 Å². The molecular weight excluding hydrogens is 206 g/mol. The quantitative estimate of drug-likeness (QED) is 0.379. The zero-order valence-corrected chi connectivity index (χ0v) is 9.95. The maximum absolute atomic E-state index is 5.35. The molecule has 0 spiro atoms. The van der Waals surface area contributed by atoms with Gasteiger partial charge in [0.1, 0.15) is 5.82 Å². The maximum Gasteiger partial charge on any atom is 0.225 e. The lowest BCUT2D eigenvalue weighted by atomic mass is 10.1. The van der Waals surface area contributed by atoms with Crippen molar-refractivity contribution in [1.29, 1.82) is 0 Å². The number of methoxy groups -OCH3 is 1. The summed E-state index contributed by atoms with van der Waals surface area (Å²) in [5.41, 5.74) is 3.48. The Morgan fingerprint density at radius 1 is 1.44 bits per heavy atom. The zero-order valence-electron chi connectivity index (χ0n) is 9.95. The molecule has 1 aromatic rings. The molecule has 0 fully saturated rings. The Kier molecular flexibility index (Phi) is 4.94. The first-order chi connectivity index (χ1) is 7.67. The number of anilines is 2. The van der Waals surface area contributed by atoms with Gasteiger partial charge in [0.15, 0.2) is 0 Å². The van der Waals surface area contributed by atoms with E-state index in [0.717, 1.165) is 5.69 Å². The van der Waals surface area contributed by atoms with Crippen LogP contribution in [0.1, 0.15) is 25.5 Å². The molecule has 0 saturated heterocycles. The number of hydrogen-bond acceptors (Lipinski definition) is 6. The van der Waals surface area contributed by atoms with Crippen molar-refractivity contribution in [3.05, 3.63) is 11.8 Å². The van der Waals surface area contributed by atoms with Crippen molar-refractivity contribution in [2.45, 2.75) is 19.8 Å². The number of rotatable bonds is 6. The van der Waals surface area contributed by atoms with Gasteiger partial charge in [-0.15, -0.1) is 0 Å². The molecular formula is C10H19N5O. The molecule has 90 valence electrons. The normalized spacial score (nSPS) is 10.6. The van der Waals surface area contributed by atoms with Crippen LogP contribution < -0.4 is 16.6 Å². The van der Waals surface area contributed by atoms with Crippen LogP contribution in [0.25, 0.3) is 0 Å². The van der Waals surface area contributed by atoms with Crippen molar-refractivity contribution < 1.29 is 4.74 Å². The fourth-order valence-electron chi connectivity index (χ4n) is 1.18. The predicted molar refractivity (Wildman–Crippen MR) is 64.3 cm³/mol. The largest absolute Gasteiger partial charge is 0.383 e. The number of ether oxygens (including phenoxy) is 1. The van der Waals surface area contributed by atoms with E-state index in [2.05, 4.69) is 34.6 Å². The molecule has 6 nitrogen and oxygen atoms in total. The Morgan fingerprint density at radius 3 is 2.75 bits per heavy atom. The first kappa shape index (κ1) is 12.7. The van der Waals surface area contributed by atoms with E-state index in [0.29, 0.717) is 30.8 Å². The molecule has 0 aromatic carbocycles. The molecule has 1 heterocycles. The monoisotopic (exact) mass is 225 g/mol. The Balaban J connectivity index is 2.78. The highest BCUT2D eigenvalue weighted by Crippen LogP contribution is 2.16. The van der Waals surface area contributed by atoms with Gasteiger partial charge in [-0.2, -0.15) is 4.98 Å². The fraction of sp³-hybridized carbons (Fsp3) is 0.600. The van der Waals surface area contributed by atoms with E-state index in [4.69, 9.17) is 10.6 Å². The highest BCUT2D eigenvalue weighted by molar-refractivity contribution is 5.42. The fourth-order valence-corrected chi connectivity index (χ4v) is 1.18. The molecule has 1 rings (SSSR count). The van der Waals surface area contributed by atoms with Gasteiger partial charge in [0.2, 0.25) is 5.95 Å². The first-order valence-electron chi connectivity index (χ1n) is 5.25. The van der Waals surface area contributed by atoms with Crippen molar-refractivity contribution in [2.24, 2.45) is 5.84 Å². The average Bonchev–Trinajstić information content (AvgIpc) is 2.29. The molecule has 0 amide bonds. The lowest BCUT2D eigenvalue weighted by Crippen LogP contribution is -2.15. The molecule has 6 heteroatoms. The van der Waals surface area contributed by atoms with Crippen LogP contribution in [0, 0.1) is 0 Å². The summed E-state index contributed by atoms with van der Waals surface area (Å²) in [6.07, 6.45) is 0. The standard InChI is InChI=1S/C10H19N5O/c1-7(2)8-6-9(15-11)14-10(13-8)12-4-5-16-3/h6-7H,4-5,11H2,1-3H3,(H2,12,13,14,15). The Bertz CT molecular complexity index is 329. The third kappa shape index (κ3) is 3.63. The van der Waals surface area contributed by atoms with Crippen molar-refractivity contribution in [3.63, 3.8) is 0 Å². The lowest BCUT2D eigenvalue weighted by Gasteiger charge is -2.10. The van der Waals surface area contributed by atoms with Crippen LogP contribution in [0.3, 0.4) is 0 Å². The average molecular weight is 225 g/mol. The van der Waals surface area contributed by atoms with Crippen LogP contribution in [-0.4, -0.2) is 30.2 Å². The molecule has 0 saturated carbocycles. The molecule has 0 aliphatic carbocycles. The Labute approximate surface area is 95.6 Å². The molecule has 16 heavy (non-hydrogen) atoms. The van der Waals surface area contributed by atoms with Gasteiger partial charge in [-0.05, 0) is 5.92 Å². The lowest BCUT2D eigenvalue weighted by molar-refractivity contribution is 0.210. The number of nitrogens with one attached hydrogen (secondary N) is 2. The molecule has 4 N–H and O–H groups in total. The molecule has 0 unspecified atom stereocenters. The second-order valence-electron chi connectivity index (χ2n) is 3.72. The van der Waals surface area contributed by atoms with E-state index in [1.165, 1.54) is 0 Å². The number of aromatic nitrogens is 2. The SMILES string of the molecule is COCCNc1nc(NN)cc(C(C)C)n1. The third-order valence-corrected chi connectivity index (χ3v) is 2.07. The number of nitrogens with two attached hydrogens (primary N) is 1. The highest BCUT2D eigenvalue weighted by atomic mass is 16.5. The van der Waals surface area contributed by atoms with E-state index >= 15 is 0 Å². The van der Waals surface area contributed by atoms with Gasteiger partial charge in [-0.3, -0.25) is 0 Å². The van der Waals surface area contributed by atoms with Crippen molar-refractivity contribution >= 4 is 11.8 Å². The van der Waals surface area contributed by atoms with Gasteiger partial charge in [-0.1, -0.05) is 13.8 Å². The summed E-state index contributed by atoms with van der Waals surface area (Å²) >= 11 is 0. The van der Waals surface area contributed by atoms with Gasteiger partial charge in [0.25, 0.3) is 0 Å². The molecule has 0 aliphatic rings. The molecule has 0 bridgehead atoms. The van der Waals surface area contributed by atoms with Gasteiger partial charge in [0.05, 0.1) is 12.3 Å². The van der Waals surface area contributed by atoms with Gasteiger partial charge >= 0.3 is 0 Å². The smallest absolute Gasteiger partial charge is 0.225 e. The minimum absolute atomic E-state index is 0.332. The maximum atomic E-state index is 5.35. The van der Waals surface area contributed by atoms with Crippen LogP contribution in [0.2, 0.25) is 0 Å². The van der Waals surface area contributed by atoms with Crippen LogP contribution >= 0.6 is 0 Å². The molecule has 0 aliphatic heterocycles. The first-order valence-corrected chi connectivity index (χ1v) is 5.25. The summed E-state index contributed by atoms with van der Waals surface area (Å²) in [5.74, 6) is 6.86. The van der Waals surface area contributed by atoms with E-state index < -0.39 is 0 Å². The summed E-state index contributed by atoms with van der Waals surface area (Å²) in [6, 6.07) is 1.84.